The van der Waals surface area contributed by atoms with Gasteiger partial charge < -0.3 is 10.5 Å². The van der Waals surface area contributed by atoms with Gasteiger partial charge in [-0.3, -0.25) is 0 Å². The quantitative estimate of drug-likeness (QED) is 0.765. The van der Waals surface area contributed by atoms with E-state index in [0.717, 1.165) is 43.8 Å². The third-order valence-electron chi connectivity index (χ3n) is 3.27. The molecular formula is C16H23ClN2OS. The van der Waals surface area contributed by atoms with Gasteiger partial charge in [-0.2, -0.15) is 0 Å². The maximum atomic E-state index is 5.74. The minimum Gasteiger partial charge on any atom is -0.494 e. The lowest BCUT2D eigenvalue weighted by Crippen LogP contribution is -2.10. The Morgan fingerprint density at radius 1 is 1.24 bits per heavy atom. The molecule has 0 aliphatic carbocycles. The van der Waals surface area contributed by atoms with Gasteiger partial charge in [-0.1, -0.05) is 30.8 Å². The first-order valence-corrected chi connectivity index (χ1v) is 8.12. The molecule has 0 unspecified atom stereocenters. The number of rotatable bonds is 7. The van der Waals surface area contributed by atoms with Crippen LogP contribution in [0.25, 0.3) is 0 Å². The number of aryl methyl sites for hydroxylation is 1. The van der Waals surface area contributed by atoms with E-state index in [1.165, 1.54) is 11.1 Å². The molecule has 0 spiro atoms. The zero-order valence-corrected chi connectivity index (χ0v) is 14.0. The van der Waals surface area contributed by atoms with E-state index < -0.39 is 0 Å². The zero-order chi connectivity index (χ0) is 14.2. The monoisotopic (exact) mass is 326 g/mol. The van der Waals surface area contributed by atoms with Gasteiger partial charge in [0.1, 0.15) is 5.75 Å². The molecule has 2 rings (SSSR count). The van der Waals surface area contributed by atoms with Crippen LogP contribution in [0, 0.1) is 0 Å². The molecule has 0 aromatic heterocycles. The van der Waals surface area contributed by atoms with Crippen LogP contribution in [0.2, 0.25) is 0 Å². The number of unbranched alkanes of at least 4 members (excludes halogenated alkanes) is 1. The Hall–Kier alpha value is -1.13. The second kappa shape index (κ2) is 9.74. The number of thioether (sulfide) groups is 1. The van der Waals surface area contributed by atoms with E-state index in [1.807, 2.05) is 6.20 Å². The molecule has 21 heavy (non-hydrogen) atoms. The summed E-state index contributed by atoms with van der Waals surface area (Å²) in [6.07, 6.45) is 6.27. The number of aliphatic imine (C=N–C) groups is 1. The summed E-state index contributed by atoms with van der Waals surface area (Å²) in [4.78, 5) is 4.14. The third-order valence-corrected chi connectivity index (χ3v) is 4.19. The van der Waals surface area contributed by atoms with Gasteiger partial charge in [-0.25, -0.2) is 4.99 Å². The predicted molar refractivity (Wildman–Crippen MR) is 94.6 cm³/mol. The van der Waals surface area contributed by atoms with Gasteiger partial charge in [0.15, 0.2) is 5.17 Å². The van der Waals surface area contributed by atoms with E-state index in [9.17, 15) is 0 Å². The number of nitrogens with zero attached hydrogens (tertiary/aromatic N) is 1. The maximum Gasteiger partial charge on any atom is 0.158 e. The summed E-state index contributed by atoms with van der Waals surface area (Å²) in [6, 6.07) is 8.36. The Kier molecular flexibility index (Phi) is 8.31. The first-order chi connectivity index (χ1) is 9.78. The summed E-state index contributed by atoms with van der Waals surface area (Å²) in [7, 11) is 0. The van der Waals surface area contributed by atoms with Gasteiger partial charge in [0.25, 0.3) is 0 Å². The lowest BCUT2D eigenvalue weighted by Gasteiger charge is -2.10. The van der Waals surface area contributed by atoms with Crippen molar-refractivity contribution >= 4 is 29.3 Å². The van der Waals surface area contributed by atoms with Crippen LogP contribution >= 0.6 is 24.2 Å². The number of hydrogen-bond acceptors (Lipinski definition) is 4. The molecule has 0 atom stereocenters. The molecule has 2 N–H and O–H groups in total. The highest BCUT2D eigenvalue weighted by Gasteiger charge is 2.05. The summed E-state index contributed by atoms with van der Waals surface area (Å²) < 4.78 is 5.74. The van der Waals surface area contributed by atoms with Crippen LogP contribution in [-0.2, 0) is 6.42 Å². The van der Waals surface area contributed by atoms with Crippen LogP contribution in [0.15, 0.2) is 41.0 Å². The average molecular weight is 327 g/mol. The number of benzene rings is 1. The molecule has 1 aromatic rings. The topological polar surface area (TPSA) is 47.6 Å². The third kappa shape index (κ3) is 6.44. The molecule has 1 heterocycles. The fourth-order valence-electron chi connectivity index (χ4n) is 2.00. The van der Waals surface area contributed by atoms with E-state index >= 15 is 0 Å². The highest BCUT2D eigenvalue weighted by atomic mass is 35.5. The molecule has 1 aromatic carbocycles. The minimum atomic E-state index is 0. The minimum absolute atomic E-state index is 0. The summed E-state index contributed by atoms with van der Waals surface area (Å²) in [5, 5.41) is 0.674. The molecule has 0 fully saturated rings. The molecule has 1 aliphatic rings. The molecule has 0 saturated carbocycles. The molecule has 0 saturated heterocycles. The van der Waals surface area contributed by atoms with Crippen molar-refractivity contribution in [2.75, 3.05) is 12.4 Å². The molecule has 5 heteroatoms. The lowest BCUT2D eigenvalue weighted by molar-refractivity contribution is 0.307. The van der Waals surface area contributed by atoms with Gasteiger partial charge in [-0.15, -0.1) is 12.4 Å². The Morgan fingerprint density at radius 2 is 2.00 bits per heavy atom. The summed E-state index contributed by atoms with van der Waals surface area (Å²) >= 11 is 1.62. The predicted octanol–water partition coefficient (Wildman–Crippen LogP) is 4.17. The maximum absolute atomic E-state index is 5.74. The van der Waals surface area contributed by atoms with Gasteiger partial charge >= 0.3 is 0 Å². The number of hydrogen-bond donors (Lipinski definition) is 1. The van der Waals surface area contributed by atoms with Crippen molar-refractivity contribution in [3.05, 3.63) is 41.6 Å². The summed E-state index contributed by atoms with van der Waals surface area (Å²) in [6.45, 7) is 2.93. The van der Waals surface area contributed by atoms with Gasteiger partial charge in [0, 0.05) is 12.0 Å². The van der Waals surface area contributed by atoms with Crippen LogP contribution in [0.5, 0.6) is 5.75 Å². The Balaban J connectivity index is 0.00000220. The van der Waals surface area contributed by atoms with Crippen molar-refractivity contribution in [2.45, 2.75) is 32.6 Å². The standard InChI is InChI=1S/C16H22N2OS.ClH/c1-2-13-6-8-15(9-7-13)19-10-4-3-5-14-11-18-16(17)20-12-14;/h6-9,11H,2-5,10,12H2,1H3,(H2,17,18);1H. The smallest absolute Gasteiger partial charge is 0.158 e. The first kappa shape index (κ1) is 17.9. The highest BCUT2D eigenvalue weighted by molar-refractivity contribution is 8.14. The number of amidine groups is 1. The summed E-state index contributed by atoms with van der Waals surface area (Å²) in [5.41, 5.74) is 8.32. The van der Waals surface area contributed by atoms with E-state index in [1.54, 1.807) is 11.8 Å². The summed E-state index contributed by atoms with van der Waals surface area (Å²) in [5.74, 6) is 1.95. The van der Waals surface area contributed by atoms with Crippen molar-refractivity contribution in [1.29, 1.82) is 0 Å². The van der Waals surface area contributed by atoms with Crippen molar-refractivity contribution in [3.63, 3.8) is 0 Å². The Morgan fingerprint density at radius 3 is 2.62 bits per heavy atom. The van der Waals surface area contributed by atoms with Crippen molar-refractivity contribution < 1.29 is 4.74 Å². The molecule has 1 aliphatic heterocycles. The van der Waals surface area contributed by atoms with Gasteiger partial charge in [0.2, 0.25) is 0 Å². The Labute approximate surface area is 137 Å². The van der Waals surface area contributed by atoms with E-state index in [0.29, 0.717) is 5.17 Å². The van der Waals surface area contributed by atoms with Crippen LogP contribution in [0.1, 0.15) is 31.7 Å². The highest BCUT2D eigenvalue weighted by Crippen LogP contribution is 2.19. The van der Waals surface area contributed by atoms with E-state index in [-0.39, 0.29) is 12.4 Å². The second-order valence-electron chi connectivity index (χ2n) is 4.85. The number of nitrogens with two attached hydrogens (primary N) is 1. The SMILES string of the molecule is CCc1ccc(OCCCCC2=CN=C(N)SC2)cc1.Cl. The largest absolute Gasteiger partial charge is 0.494 e. The van der Waals surface area contributed by atoms with Crippen molar-refractivity contribution in [1.82, 2.24) is 0 Å². The molecule has 0 amide bonds. The van der Waals surface area contributed by atoms with E-state index in [2.05, 4.69) is 36.2 Å². The Bertz CT molecular complexity index is 486. The fourth-order valence-corrected chi connectivity index (χ4v) is 2.68. The van der Waals surface area contributed by atoms with Gasteiger partial charge in [-0.05, 0) is 49.0 Å². The molecule has 0 bridgehead atoms. The van der Waals surface area contributed by atoms with E-state index in [4.69, 9.17) is 10.5 Å². The second-order valence-corrected chi connectivity index (χ2v) is 5.84. The fraction of sp³-hybridized carbons (Fsp3) is 0.438. The first-order valence-electron chi connectivity index (χ1n) is 7.13. The van der Waals surface area contributed by atoms with Crippen molar-refractivity contribution in [2.24, 2.45) is 10.7 Å². The molecule has 3 nitrogen and oxygen atoms in total. The average Bonchev–Trinajstić information content (AvgIpc) is 2.49. The lowest BCUT2D eigenvalue weighted by atomic mass is 10.1. The van der Waals surface area contributed by atoms with Crippen LogP contribution in [0.4, 0.5) is 0 Å². The zero-order valence-electron chi connectivity index (χ0n) is 12.4. The van der Waals surface area contributed by atoms with Crippen molar-refractivity contribution in [3.8, 4) is 5.75 Å². The molecular weight excluding hydrogens is 304 g/mol. The molecule has 116 valence electrons. The van der Waals surface area contributed by atoms with Gasteiger partial charge in [0.05, 0.1) is 6.61 Å². The van der Waals surface area contributed by atoms with Crippen LogP contribution in [0.3, 0.4) is 0 Å². The number of halogens is 1. The normalized spacial score (nSPS) is 14.0. The van der Waals surface area contributed by atoms with Crippen LogP contribution < -0.4 is 10.5 Å². The molecule has 0 radical (unpaired) electrons. The van der Waals surface area contributed by atoms with Crippen LogP contribution in [-0.4, -0.2) is 17.5 Å². The number of ether oxygens (including phenoxy) is 1.